The van der Waals surface area contributed by atoms with Crippen molar-refractivity contribution in [3.8, 4) is 5.75 Å². The molecule has 0 amide bonds. The fourth-order valence-electron chi connectivity index (χ4n) is 2.51. The minimum atomic E-state index is -0.242. The highest BCUT2D eigenvalue weighted by atomic mass is 19.1. The van der Waals surface area contributed by atoms with E-state index in [1.807, 2.05) is 13.0 Å². The Morgan fingerprint density at radius 1 is 1.41 bits per heavy atom. The molecule has 0 bridgehead atoms. The summed E-state index contributed by atoms with van der Waals surface area (Å²) in [6.45, 7) is 10.3. The van der Waals surface area contributed by atoms with Crippen LogP contribution in [0.1, 0.15) is 38.2 Å². The second kappa shape index (κ2) is 10.2. The standard InChI is InChI=1S/C16H24FNO.C2H4O/c1-3-4-9-18-10-7-14(8-11-18)19-16-6-5-13(2)12-15(16)17;1-2-3/h5-6,12,14H,3-4,7-11H2,1-2H3;2-3H,1H2. The number of likely N-dealkylation sites (tertiary alicyclic amines) is 1. The van der Waals surface area contributed by atoms with Crippen LogP contribution in [0.4, 0.5) is 4.39 Å². The van der Waals surface area contributed by atoms with Crippen molar-refractivity contribution in [1.82, 2.24) is 4.90 Å². The molecule has 1 aromatic rings. The average Bonchev–Trinajstić information content (AvgIpc) is 2.50. The molecule has 1 aliphatic rings. The van der Waals surface area contributed by atoms with E-state index in [0.717, 1.165) is 37.8 Å². The number of aliphatic hydroxyl groups is 1. The van der Waals surface area contributed by atoms with Crippen molar-refractivity contribution >= 4 is 0 Å². The van der Waals surface area contributed by atoms with Gasteiger partial charge in [0.15, 0.2) is 11.6 Å². The quantitative estimate of drug-likeness (QED) is 0.815. The van der Waals surface area contributed by atoms with Crippen molar-refractivity contribution in [2.24, 2.45) is 0 Å². The molecule has 2 rings (SSSR count). The van der Waals surface area contributed by atoms with E-state index in [0.29, 0.717) is 5.75 Å². The summed E-state index contributed by atoms with van der Waals surface area (Å²) in [4.78, 5) is 2.48. The summed E-state index contributed by atoms with van der Waals surface area (Å²) >= 11 is 0. The van der Waals surface area contributed by atoms with Gasteiger partial charge in [0.25, 0.3) is 0 Å². The zero-order chi connectivity index (χ0) is 16.4. The fraction of sp³-hybridized carbons (Fsp3) is 0.556. The third kappa shape index (κ3) is 6.48. The first-order chi connectivity index (χ1) is 10.6. The number of rotatable bonds is 5. The van der Waals surface area contributed by atoms with E-state index in [1.54, 1.807) is 6.07 Å². The fourth-order valence-corrected chi connectivity index (χ4v) is 2.51. The van der Waals surface area contributed by atoms with Crippen molar-refractivity contribution in [2.45, 2.75) is 45.6 Å². The topological polar surface area (TPSA) is 32.7 Å². The number of hydrogen-bond donors (Lipinski definition) is 1. The molecule has 1 heterocycles. The molecular weight excluding hydrogens is 281 g/mol. The lowest BCUT2D eigenvalue weighted by Crippen LogP contribution is -2.38. The predicted molar refractivity (Wildman–Crippen MR) is 89.0 cm³/mol. The highest BCUT2D eigenvalue weighted by Crippen LogP contribution is 2.23. The summed E-state index contributed by atoms with van der Waals surface area (Å²) in [5.74, 6) is 0.158. The minimum absolute atomic E-state index is 0.162. The second-order valence-corrected chi connectivity index (χ2v) is 5.63. The van der Waals surface area contributed by atoms with E-state index in [2.05, 4.69) is 18.4 Å². The predicted octanol–water partition coefficient (Wildman–Crippen LogP) is 4.47. The number of aryl methyl sites for hydroxylation is 1. The van der Waals surface area contributed by atoms with E-state index >= 15 is 0 Å². The van der Waals surface area contributed by atoms with Gasteiger partial charge >= 0.3 is 0 Å². The molecule has 22 heavy (non-hydrogen) atoms. The van der Waals surface area contributed by atoms with Crippen LogP contribution in [0.15, 0.2) is 31.0 Å². The Morgan fingerprint density at radius 3 is 2.59 bits per heavy atom. The molecule has 0 saturated carbocycles. The summed E-state index contributed by atoms with van der Waals surface area (Å²) in [5, 5.41) is 7.33. The van der Waals surface area contributed by atoms with E-state index in [4.69, 9.17) is 9.84 Å². The van der Waals surface area contributed by atoms with E-state index in [9.17, 15) is 4.39 Å². The van der Waals surface area contributed by atoms with Crippen molar-refractivity contribution < 1.29 is 14.2 Å². The molecule has 0 aliphatic carbocycles. The Bertz CT molecular complexity index is 443. The number of piperidine rings is 1. The van der Waals surface area contributed by atoms with E-state index < -0.39 is 0 Å². The minimum Gasteiger partial charge on any atom is -0.516 e. The lowest BCUT2D eigenvalue weighted by Gasteiger charge is -2.32. The van der Waals surface area contributed by atoms with Crippen LogP contribution in [0.5, 0.6) is 5.75 Å². The van der Waals surface area contributed by atoms with Crippen LogP contribution in [0.25, 0.3) is 0 Å². The van der Waals surface area contributed by atoms with Crippen LogP contribution in [-0.2, 0) is 0 Å². The van der Waals surface area contributed by atoms with Gasteiger partial charge < -0.3 is 14.7 Å². The van der Waals surface area contributed by atoms with Crippen LogP contribution in [0, 0.1) is 12.7 Å². The van der Waals surface area contributed by atoms with Crippen molar-refractivity contribution in [3.05, 3.63) is 42.4 Å². The maximum atomic E-state index is 13.7. The maximum Gasteiger partial charge on any atom is 0.165 e. The molecule has 0 spiro atoms. The average molecular weight is 309 g/mol. The van der Waals surface area contributed by atoms with Crippen LogP contribution in [0.3, 0.4) is 0 Å². The van der Waals surface area contributed by atoms with E-state index in [1.165, 1.54) is 25.5 Å². The number of hydrogen-bond acceptors (Lipinski definition) is 3. The van der Waals surface area contributed by atoms with Crippen LogP contribution in [-0.4, -0.2) is 35.7 Å². The van der Waals surface area contributed by atoms with Crippen molar-refractivity contribution in [2.75, 3.05) is 19.6 Å². The molecule has 0 unspecified atom stereocenters. The van der Waals surface area contributed by atoms with Gasteiger partial charge in [0.1, 0.15) is 6.10 Å². The van der Waals surface area contributed by atoms with Gasteiger partial charge in [-0.15, -0.1) is 0 Å². The molecule has 0 aromatic heterocycles. The van der Waals surface area contributed by atoms with Gasteiger partial charge in [-0.2, -0.15) is 0 Å². The largest absolute Gasteiger partial charge is 0.516 e. The number of aliphatic hydroxyl groups excluding tert-OH is 1. The Kier molecular flexibility index (Phi) is 8.60. The Hall–Kier alpha value is -1.55. The summed E-state index contributed by atoms with van der Waals surface area (Å²) in [5.41, 5.74) is 0.930. The smallest absolute Gasteiger partial charge is 0.165 e. The second-order valence-electron chi connectivity index (χ2n) is 5.63. The SMILES string of the molecule is C=CO.CCCCN1CCC(Oc2ccc(C)cc2F)CC1. The summed E-state index contributed by atoms with van der Waals surface area (Å²) < 4.78 is 19.5. The third-order valence-electron chi connectivity index (χ3n) is 3.74. The van der Waals surface area contributed by atoms with Crippen molar-refractivity contribution in [3.63, 3.8) is 0 Å². The molecule has 1 aliphatic heterocycles. The number of halogens is 1. The molecule has 1 fully saturated rings. The third-order valence-corrected chi connectivity index (χ3v) is 3.74. The molecule has 124 valence electrons. The Balaban J connectivity index is 0.000000745. The maximum absolute atomic E-state index is 13.7. The number of benzene rings is 1. The first kappa shape index (κ1) is 18.5. The Morgan fingerprint density at radius 2 is 2.05 bits per heavy atom. The molecule has 0 atom stereocenters. The highest BCUT2D eigenvalue weighted by molar-refractivity contribution is 5.28. The number of nitrogens with zero attached hydrogens (tertiary/aromatic N) is 1. The summed E-state index contributed by atoms with van der Waals surface area (Å²) in [6.07, 6.45) is 5.41. The lowest BCUT2D eigenvalue weighted by molar-refractivity contribution is 0.0964. The molecule has 1 N–H and O–H groups in total. The van der Waals surface area contributed by atoms with Gasteiger partial charge in [0.2, 0.25) is 0 Å². The van der Waals surface area contributed by atoms with E-state index in [-0.39, 0.29) is 11.9 Å². The lowest BCUT2D eigenvalue weighted by atomic mass is 10.1. The highest BCUT2D eigenvalue weighted by Gasteiger charge is 2.20. The van der Waals surface area contributed by atoms with Crippen molar-refractivity contribution in [1.29, 1.82) is 0 Å². The molecule has 0 radical (unpaired) electrons. The molecule has 1 aromatic carbocycles. The van der Waals surface area contributed by atoms with Gasteiger partial charge in [-0.3, -0.25) is 0 Å². The van der Waals surface area contributed by atoms with Gasteiger partial charge in [-0.1, -0.05) is 26.0 Å². The summed E-state index contributed by atoms with van der Waals surface area (Å²) in [6, 6.07) is 5.18. The first-order valence-electron chi connectivity index (χ1n) is 8.01. The van der Waals surface area contributed by atoms with Crippen LogP contribution >= 0.6 is 0 Å². The van der Waals surface area contributed by atoms with Crippen LogP contribution < -0.4 is 4.74 Å². The molecule has 3 nitrogen and oxygen atoms in total. The van der Waals surface area contributed by atoms with Gasteiger partial charge in [0, 0.05) is 13.1 Å². The van der Waals surface area contributed by atoms with Gasteiger partial charge in [0.05, 0.1) is 6.26 Å². The van der Waals surface area contributed by atoms with Gasteiger partial charge in [-0.25, -0.2) is 4.39 Å². The number of unbranched alkanes of at least 4 members (excludes halogenated alkanes) is 1. The normalized spacial score (nSPS) is 15.8. The van der Waals surface area contributed by atoms with Gasteiger partial charge in [-0.05, 0) is 50.4 Å². The number of ether oxygens (including phenoxy) is 1. The molecule has 1 saturated heterocycles. The molecular formula is C18H28FNO2. The zero-order valence-corrected chi connectivity index (χ0v) is 13.7. The Labute approximate surface area is 133 Å². The summed E-state index contributed by atoms with van der Waals surface area (Å²) in [7, 11) is 0. The molecule has 4 heteroatoms. The monoisotopic (exact) mass is 309 g/mol. The van der Waals surface area contributed by atoms with Crippen LogP contribution in [0.2, 0.25) is 0 Å². The first-order valence-corrected chi connectivity index (χ1v) is 8.01. The zero-order valence-electron chi connectivity index (χ0n) is 13.7.